The first-order valence-corrected chi connectivity index (χ1v) is 4.36. The largest absolute Gasteiger partial charge is 0.355 e. The third-order valence-electron chi connectivity index (χ3n) is 1.51. The van der Waals surface area contributed by atoms with Gasteiger partial charge in [0.15, 0.2) is 0 Å². The Hall–Kier alpha value is -1.59. The molecule has 0 fully saturated rings. The Kier molecular flexibility index (Phi) is 6.09. The fourth-order valence-corrected chi connectivity index (χ4v) is 0.758. The van der Waals surface area contributed by atoms with Crippen molar-refractivity contribution in [1.82, 2.24) is 16.0 Å². The Labute approximate surface area is 82.4 Å². The van der Waals surface area contributed by atoms with E-state index in [1.54, 1.807) is 6.92 Å². The number of carbonyl (C=O) groups is 3. The number of nitrogens with one attached hydrogen (secondary N) is 3. The summed E-state index contributed by atoms with van der Waals surface area (Å²) in [7, 11) is 0. The van der Waals surface area contributed by atoms with Crippen LogP contribution >= 0.6 is 0 Å². The molecule has 0 aromatic heterocycles. The van der Waals surface area contributed by atoms with Crippen molar-refractivity contribution in [2.75, 3.05) is 13.1 Å². The lowest BCUT2D eigenvalue weighted by Crippen LogP contribution is -2.45. The van der Waals surface area contributed by atoms with Crippen LogP contribution in [0.4, 0.5) is 0 Å². The van der Waals surface area contributed by atoms with E-state index in [2.05, 4.69) is 16.0 Å². The van der Waals surface area contributed by atoms with Crippen molar-refractivity contribution in [1.29, 1.82) is 0 Å². The maximum Gasteiger partial charge on any atom is 0.242 e. The number of likely N-dealkylation sites (N-methyl/N-ethyl adjacent to an activating group) is 1. The lowest BCUT2D eigenvalue weighted by atomic mass is 10.3. The Morgan fingerprint density at radius 1 is 1.36 bits per heavy atom. The molecule has 0 bridgehead atoms. The van der Waals surface area contributed by atoms with E-state index in [0.29, 0.717) is 13.0 Å². The predicted molar refractivity (Wildman–Crippen MR) is 50.4 cm³/mol. The van der Waals surface area contributed by atoms with E-state index < -0.39 is 6.04 Å². The maximum atomic E-state index is 11.1. The van der Waals surface area contributed by atoms with Crippen molar-refractivity contribution in [3.63, 3.8) is 0 Å². The van der Waals surface area contributed by atoms with E-state index in [-0.39, 0.29) is 18.4 Å². The number of hydrogen-bond donors (Lipinski definition) is 3. The second-order valence-electron chi connectivity index (χ2n) is 2.68. The summed E-state index contributed by atoms with van der Waals surface area (Å²) in [5, 5.41) is 7.18. The number of rotatable bonds is 6. The lowest BCUT2D eigenvalue weighted by Gasteiger charge is -2.10. The first-order valence-electron chi connectivity index (χ1n) is 4.36. The van der Waals surface area contributed by atoms with Crippen molar-refractivity contribution in [3.05, 3.63) is 0 Å². The molecule has 0 aromatic carbocycles. The normalized spacial score (nSPS) is 11.3. The van der Waals surface area contributed by atoms with E-state index in [0.717, 1.165) is 0 Å². The molecule has 6 nitrogen and oxygen atoms in total. The minimum absolute atomic E-state index is 0.0719. The molecule has 3 N–H and O–H groups in total. The smallest absolute Gasteiger partial charge is 0.242 e. The average Bonchev–Trinajstić information content (AvgIpc) is 2.15. The van der Waals surface area contributed by atoms with Gasteiger partial charge < -0.3 is 16.0 Å². The summed E-state index contributed by atoms with van der Waals surface area (Å²) in [6, 6.07) is -0.623. The second kappa shape index (κ2) is 6.88. The molecule has 0 spiro atoms. The minimum atomic E-state index is -0.623. The van der Waals surface area contributed by atoms with E-state index in [4.69, 9.17) is 0 Å². The van der Waals surface area contributed by atoms with Crippen LogP contribution in [0.2, 0.25) is 0 Å². The van der Waals surface area contributed by atoms with Crippen LogP contribution in [0, 0.1) is 0 Å². The minimum Gasteiger partial charge on any atom is -0.355 e. The standard InChI is InChI=1S/C8H15N3O3/c1-3-9-7(13)4-10-8(14)6(2)11-5-12/h5-6H,3-4H2,1-2H3,(H,9,13)(H,10,14)(H,11,12). The van der Waals surface area contributed by atoms with Gasteiger partial charge in [0.05, 0.1) is 6.54 Å². The topological polar surface area (TPSA) is 87.3 Å². The highest BCUT2D eigenvalue weighted by Crippen LogP contribution is 1.78. The van der Waals surface area contributed by atoms with Crippen LogP contribution in [-0.4, -0.2) is 37.4 Å². The highest BCUT2D eigenvalue weighted by molar-refractivity contribution is 5.88. The Bertz CT molecular complexity index is 218. The van der Waals surface area contributed by atoms with E-state index in [9.17, 15) is 14.4 Å². The van der Waals surface area contributed by atoms with Crippen LogP contribution in [0.3, 0.4) is 0 Å². The van der Waals surface area contributed by atoms with Crippen molar-refractivity contribution >= 4 is 18.2 Å². The third-order valence-corrected chi connectivity index (χ3v) is 1.51. The van der Waals surface area contributed by atoms with Crippen molar-refractivity contribution < 1.29 is 14.4 Å². The molecule has 0 heterocycles. The molecule has 1 unspecified atom stereocenters. The summed E-state index contributed by atoms with van der Waals surface area (Å²) < 4.78 is 0. The molecule has 0 saturated heterocycles. The first-order chi connectivity index (χ1) is 6.61. The molecule has 3 amide bonds. The van der Waals surface area contributed by atoms with Crippen LogP contribution in [0.1, 0.15) is 13.8 Å². The molecule has 6 heteroatoms. The molecule has 0 aliphatic rings. The quantitative estimate of drug-likeness (QED) is 0.451. The van der Waals surface area contributed by atoms with Crippen LogP contribution in [0.5, 0.6) is 0 Å². The van der Waals surface area contributed by atoms with Crippen molar-refractivity contribution in [3.8, 4) is 0 Å². The van der Waals surface area contributed by atoms with Gasteiger partial charge >= 0.3 is 0 Å². The molecule has 0 aliphatic carbocycles. The Morgan fingerprint density at radius 3 is 2.50 bits per heavy atom. The zero-order valence-corrected chi connectivity index (χ0v) is 8.29. The molecule has 80 valence electrons. The summed E-state index contributed by atoms with van der Waals surface area (Å²) in [6.07, 6.45) is 0.441. The molecule has 0 saturated carbocycles. The van der Waals surface area contributed by atoms with Gasteiger partial charge in [0.1, 0.15) is 6.04 Å². The summed E-state index contributed by atoms with van der Waals surface area (Å²) in [6.45, 7) is 3.77. The van der Waals surface area contributed by atoms with Gasteiger partial charge in [-0.05, 0) is 13.8 Å². The van der Waals surface area contributed by atoms with E-state index >= 15 is 0 Å². The van der Waals surface area contributed by atoms with Crippen LogP contribution in [0.25, 0.3) is 0 Å². The van der Waals surface area contributed by atoms with Gasteiger partial charge in [0.25, 0.3) is 0 Å². The average molecular weight is 201 g/mol. The van der Waals surface area contributed by atoms with E-state index in [1.165, 1.54) is 6.92 Å². The molecular formula is C8H15N3O3. The zero-order chi connectivity index (χ0) is 11.0. The first kappa shape index (κ1) is 12.4. The maximum absolute atomic E-state index is 11.1. The molecule has 1 atom stereocenters. The fourth-order valence-electron chi connectivity index (χ4n) is 0.758. The van der Waals surface area contributed by atoms with Crippen LogP contribution < -0.4 is 16.0 Å². The predicted octanol–water partition coefficient (Wildman–Crippen LogP) is -1.63. The summed E-state index contributed by atoms with van der Waals surface area (Å²) in [5.74, 6) is -0.637. The molecule has 0 aromatic rings. The van der Waals surface area contributed by atoms with Gasteiger partial charge in [0.2, 0.25) is 18.2 Å². The Morgan fingerprint density at radius 2 is 2.00 bits per heavy atom. The molecule has 0 radical (unpaired) electrons. The van der Waals surface area contributed by atoms with Gasteiger partial charge in [-0.3, -0.25) is 14.4 Å². The third kappa shape index (κ3) is 5.13. The van der Waals surface area contributed by atoms with Gasteiger partial charge in [-0.15, -0.1) is 0 Å². The zero-order valence-electron chi connectivity index (χ0n) is 8.29. The van der Waals surface area contributed by atoms with E-state index in [1.807, 2.05) is 0 Å². The highest BCUT2D eigenvalue weighted by atomic mass is 16.2. The molecule has 0 rings (SSSR count). The summed E-state index contributed by atoms with van der Waals surface area (Å²) >= 11 is 0. The van der Waals surface area contributed by atoms with Gasteiger partial charge in [-0.2, -0.15) is 0 Å². The highest BCUT2D eigenvalue weighted by Gasteiger charge is 2.11. The fraction of sp³-hybridized carbons (Fsp3) is 0.625. The molecule has 0 aliphatic heterocycles. The number of amides is 3. The SMILES string of the molecule is CCNC(=O)CNC(=O)C(C)NC=O. The monoisotopic (exact) mass is 201 g/mol. The van der Waals surface area contributed by atoms with Gasteiger partial charge in [-0.1, -0.05) is 0 Å². The van der Waals surface area contributed by atoms with Crippen LogP contribution in [0.15, 0.2) is 0 Å². The summed E-state index contributed by atoms with van der Waals surface area (Å²) in [4.78, 5) is 32.0. The van der Waals surface area contributed by atoms with Crippen LogP contribution in [-0.2, 0) is 14.4 Å². The summed E-state index contributed by atoms with van der Waals surface area (Å²) in [5.41, 5.74) is 0. The lowest BCUT2D eigenvalue weighted by molar-refractivity contribution is -0.127. The second-order valence-corrected chi connectivity index (χ2v) is 2.68. The number of hydrogen-bond acceptors (Lipinski definition) is 3. The van der Waals surface area contributed by atoms with Gasteiger partial charge in [0, 0.05) is 6.54 Å². The van der Waals surface area contributed by atoms with Crippen molar-refractivity contribution in [2.45, 2.75) is 19.9 Å². The molecular weight excluding hydrogens is 186 g/mol. The van der Waals surface area contributed by atoms with Gasteiger partial charge in [-0.25, -0.2) is 0 Å². The molecule has 14 heavy (non-hydrogen) atoms. The number of carbonyl (C=O) groups excluding carboxylic acids is 3. The van der Waals surface area contributed by atoms with Crippen molar-refractivity contribution in [2.24, 2.45) is 0 Å². The Balaban J connectivity index is 3.72.